The maximum Gasteiger partial charge on any atom is 0.251 e. The van der Waals surface area contributed by atoms with Crippen LogP contribution in [0.2, 0.25) is 5.02 Å². The number of aliphatic hydroxyl groups is 1. The number of carbonyl (C=O) groups is 1. The summed E-state index contributed by atoms with van der Waals surface area (Å²) in [6, 6.07) is 12.3. The van der Waals surface area contributed by atoms with Crippen LogP contribution in [-0.2, 0) is 12.0 Å². The number of hydrogen-bond acceptors (Lipinski definition) is 5. The van der Waals surface area contributed by atoms with Crippen molar-refractivity contribution in [1.82, 2.24) is 5.32 Å². The van der Waals surface area contributed by atoms with Gasteiger partial charge in [0.1, 0.15) is 43.0 Å². The molecule has 0 spiro atoms. The van der Waals surface area contributed by atoms with Crippen molar-refractivity contribution in [1.29, 1.82) is 0 Å². The van der Waals surface area contributed by atoms with Crippen LogP contribution in [0.25, 0.3) is 11.1 Å². The molecule has 1 atom stereocenters. The number of nitrogens with two attached hydrogens (primary N) is 1. The van der Waals surface area contributed by atoms with E-state index < -0.39 is 50.3 Å². The third-order valence-electron chi connectivity index (χ3n) is 6.42. The lowest BCUT2D eigenvalue weighted by molar-refractivity contribution is 0.0784. The van der Waals surface area contributed by atoms with Crippen molar-refractivity contribution in [3.8, 4) is 22.6 Å². The number of carbonyl (C=O) groups excluding carboxylic acids is 1. The highest BCUT2D eigenvalue weighted by atomic mass is 35.5. The maximum atomic E-state index is 16.2. The predicted octanol–water partition coefficient (Wildman–Crippen LogP) is 1.79. The topological polar surface area (TPSA) is 93.8 Å². The minimum absolute atomic E-state index is 0.00719. The van der Waals surface area contributed by atoms with Gasteiger partial charge in [-0.25, -0.2) is 8.78 Å². The molecule has 38 heavy (non-hydrogen) atoms. The first-order valence-electron chi connectivity index (χ1n) is 11.3. The van der Waals surface area contributed by atoms with E-state index in [2.05, 4.69) is 5.32 Å². The number of halogens is 3. The molecule has 186 valence electrons. The maximum absolute atomic E-state index is 16.2. The van der Waals surface area contributed by atoms with Crippen molar-refractivity contribution < 1.29 is 28.2 Å². The fourth-order valence-corrected chi connectivity index (χ4v) is 4.57. The van der Waals surface area contributed by atoms with Gasteiger partial charge in [0.25, 0.3) is 5.91 Å². The second-order valence-corrected chi connectivity index (χ2v) is 9.35. The largest absolute Gasteiger partial charge is 0.503 e. The Bertz CT molecular complexity index is 1410. The second-order valence-electron chi connectivity index (χ2n) is 8.97. The van der Waals surface area contributed by atoms with Crippen LogP contribution in [0.1, 0.15) is 21.5 Å². The molecule has 0 aliphatic carbocycles. The van der Waals surface area contributed by atoms with Gasteiger partial charge in [0.15, 0.2) is 17.2 Å². The smallest absolute Gasteiger partial charge is 0.251 e. The van der Waals surface area contributed by atoms with Crippen molar-refractivity contribution in [3.05, 3.63) is 81.9 Å². The van der Waals surface area contributed by atoms with Crippen LogP contribution in [0.4, 0.5) is 8.78 Å². The number of nitrogens with one attached hydrogen (secondary N) is 1. The third-order valence-corrected chi connectivity index (χ3v) is 6.79. The summed E-state index contributed by atoms with van der Waals surface area (Å²) in [5.41, 5.74) is 5.20. The number of hydrogen-bond donors (Lipinski definition) is 3. The minimum atomic E-state index is -2.79. The van der Waals surface area contributed by atoms with Crippen LogP contribution in [0.15, 0.2) is 48.5 Å². The molecule has 0 unspecified atom stereocenters. The molecule has 0 aromatic heterocycles. The van der Waals surface area contributed by atoms with Crippen molar-refractivity contribution in [2.45, 2.75) is 22.8 Å². The zero-order chi connectivity index (χ0) is 28.0. The van der Waals surface area contributed by atoms with E-state index in [1.165, 1.54) is 13.1 Å². The highest BCUT2D eigenvalue weighted by Crippen LogP contribution is 2.50. The Hall–Kier alpha value is -2.94. The fraction of sp³-hybridized carbons (Fsp3) is 0.240. The molecule has 13 heteroatoms. The molecular weight excluding hydrogens is 509 g/mol. The lowest BCUT2D eigenvalue weighted by Gasteiger charge is -2.40. The number of amides is 1. The molecule has 0 bridgehead atoms. The van der Waals surface area contributed by atoms with Crippen LogP contribution in [0.3, 0.4) is 0 Å². The Morgan fingerprint density at radius 2 is 1.84 bits per heavy atom. The summed E-state index contributed by atoms with van der Waals surface area (Å²) in [5.74, 6) is -3.42. The van der Waals surface area contributed by atoms with E-state index in [1.807, 2.05) is 6.07 Å². The summed E-state index contributed by atoms with van der Waals surface area (Å²) in [6.07, 6.45) is 0.0684. The van der Waals surface area contributed by atoms with E-state index in [0.29, 0.717) is 11.1 Å². The summed E-state index contributed by atoms with van der Waals surface area (Å²) in [6.45, 7) is -0.00719. The standard InChI is InChI=1S/C25H19B4ClF2N2O4/c1-34-22(35)13-7-8-16(38-25(28,29)24(26,27)36)21(32)19(13)18-14-10-23(11-33,12-5-3-2-4-6-12)37-17(14)9-15(31)20(18)30/h2-9,36H,10-11,33H2,1H3,(H,34,35)/t23-/m1/s1. The summed E-state index contributed by atoms with van der Waals surface area (Å²) >= 11 is 6.41. The summed E-state index contributed by atoms with van der Waals surface area (Å²) in [7, 11) is 23.4. The monoisotopic (exact) mass is 528 g/mol. The number of ether oxygens (including phenoxy) is 2. The zero-order valence-electron chi connectivity index (χ0n) is 20.2. The first-order valence-corrected chi connectivity index (χ1v) is 11.7. The average Bonchev–Trinajstić information content (AvgIpc) is 3.25. The number of fused-ring (bicyclic) bond motifs is 1. The van der Waals surface area contributed by atoms with Crippen molar-refractivity contribution >= 4 is 48.9 Å². The quantitative estimate of drug-likeness (QED) is 0.407. The molecule has 1 aliphatic heterocycles. The minimum Gasteiger partial charge on any atom is -0.503 e. The van der Waals surface area contributed by atoms with Crippen LogP contribution in [0, 0.1) is 11.6 Å². The molecule has 4 N–H and O–H groups in total. The summed E-state index contributed by atoms with van der Waals surface area (Å²) in [4.78, 5) is 12.8. The predicted molar refractivity (Wildman–Crippen MR) is 143 cm³/mol. The van der Waals surface area contributed by atoms with Gasteiger partial charge in [-0.15, -0.1) is 0 Å². The van der Waals surface area contributed by atoms with E-state index in [-0.39, 0.29) is 29.8 Å². The molecule has 1 aliphatic rings. The molecule has 0 saturated heterocycles. The number of rotatable bonds is 7. The van der Waals surface area contributed by atoms with Gasteiger partial charge < -0.3 is 25.6 Å². The normalized spacial score (nSPS) is 17.0. The molecule has 1 heterocycles. The Labute approximate surface area is 228 Å². The Balaban J connectivity index is 1.98. The highest BCUT2D eigenvalue weighted by Gasteiger charge is 2.43. The van der Waals surface area contributed by atoms with Gasteiger partial charge in [0.2, 0.25) is 0 Å². The lowest BCUT2D eigenvalue weighted by atomic mass is 9.42. The lowest BCUT2D eigenvalue weighted by Crippen LogP contribution is -2.60. The molecule has 4 rings (SSSR count). The van der Waals surface area contributed by atoms with Gasteiger partial charge >= 0.3 is 0 Å². The molecule has 8 radical (unpaired) electrons. The van der Waals surface area contributed by atoms with Gasteiger partial charge in [0, 0.05) is 53.6 Å². The van der Waals surface area contributed by atoms with Gasteiger partial charge in [-0.1, -0.05) is 41.9 Å². The molecule has 3 aromatic rings. The van der Waals surface area contributed by atoms with E-state index in [1.54, 1.807) is 24.3 Å². The third kappa shape index (κ3) is 4.70. The SMILES string of the molecule is [B]C([B])(O)C([B])([B])Oc1ccc(C(=O)NC)c(-c2c(Cl)c(F)cc3c2C[C@@](CN)(c2ccccc2)O3)c1F. The zero-order valence-corrected chi connectivity index (χ0v) is 21.0. The first kappa shape index (κ1) is 28.1. The Morgan fingerprint density at radius 3 is 2.42 bits per heavy atom. The average molecular weight is 528 g/mol. The molecule has 0 saturated carbocycles. The Kier molecular flexibility index (Phi) is 7.38. The van der Waals surface area contributed by atoms with Gasteiger partial charge in [0.05, 0.1) is 10.6 Å². The molecule has 1 amide bonds. The van der Waals surface area contributed by atoms with E-state index >= 15 is 8.78 Å². The molecular formula is C25H19B4ClF2N2O4. The number of benzene rings is 3. The van der Waals surface area contributed by atoms with Crippen LogP contribution < -0.4 is 20.5 Å². The van der Waals surface area contributed by atoms with Gasteiger partial charge in [-0.3, -0.25) is 4.79 Å². The van der Waals surface area contributed by atoms with Crippen molar-refractivity contribution in [2.75, 3.05) is 13.6 Å². The first-order chi connectivity index (χ1) is 17.8. The van der Waals surface area contributed by atoms with Crippen LogP contribution in [-0.4, -0.2) is 66.8 Å². The Morgan fingerprint density at radius 1 is 1.18 bits per heavy atom. The van der Waals surface area contributed by atoms with E-state index in [9.17, 15) is 9.90 Å². The van der Waals surface area contributed by atoms with Gasteiger partial charge in [-0.05, 0) is 17.7 Å². The molecule has 0 fully saturated rings. The van der Waals surface area contributed by atoms with Crippen LogP contribution >= 0.6 is 11.6 Å². The molecule has 6 nitrogen and oxygen atoms in total. The summed E-state index contributed by atoms with van der Waals surface area (Å²) in [5, 5.41) is 6.33. The van der Waals surface area contributed by atoms with Gasteiger partial charge in [-0.2, -0.15) is 0 Å². The summed E-state index contributed by atoms with van der Waals surface area (Å²) < 4.78 is 42.7. The highest BCUT2D eigenvalue weighted by molar-refractivity contribution is 6.53. The fourth-order valence-electron chi connectivity index (χ4n) is 4.30. The second kappa shape index (κ2) is 9.98. The van der Waals surface area contributed by atoms with Crippen molar-refractivity contribution in [2.24, 2.45) is 5.73 Å². The van der Waals surface area contributed by atoms with E-state index in [0.717, 1.165) is 12.1 Å². The molecule has 3 aromatic carbocycles. The van der Waals surface area contributed by atoms with Crippen molar-refractivity contribution in [3.63, 3.8) is 0 Å². The van der Waals surface area contributed by atoms with Crippen LogP contribution in [0.5, 0.6) is 11.5 Å². The van der Waals surface area contributed by atoms with E-state index in [4.69, 9.17) is 58.2 Å².